The Morgan fingerprint density at radius 2 is 1.92 bits per heavy atom. The van der Waals surface area contributed by atoms with Crippen molar-refractivity contribution in [3.63, 3.8) is 0 Å². The summed E-state index contributed by atoms with van der Waals surface area (Å²) in [4.78, 5) is 13.7. The molecule has 0 amide bonds. The van der Waals surface area contributed by atoms with Gasteiger partial charge in [0.05, 0.1) is 20.3 Å². The van der Waals surface area contributed by atoms with Gasteiger partial charge in [0, 0.05) is 12.1 Å². The summed E-state index contributed by atoms with van der Waals surface area (Å²) in [7, 11) is 3.15. The minimum absolute atomic E-state index is 0.332. The number of likely N-dealkylation sites (tertiary alicyclic amines) is 1. The minimum atomic E-state index is -0.850. The first-order chi connectivity index (χ1) is 12.5. The fourth-order valence-electron chi connectivity index (χ4n) is 3.61. The summed E-state index contributed by atoms with van der Waals surface area (Å²) in [5, 5.41) is 9.64. The molecule has 2 aromatic rings. The lowest BCUT2D eigenvalue weighted by molar-refractivity contribution is -0.142. The number of rotatable bonds is 6. The van der Waals surface area contributed by atoms with Gasteiger partial charge in [0.25, 0.3) is 0 Å². The van der Waals surface area contributed by atoms with Crippen molar-refractivity contribution in [1.82, 2.24) is 4.90 Å². The van der Waals surface area contributed by atoms with Gasteiger partial charge < -0.3 is 14.6 Å². The predicted molar refractivity (Wildman–Crippen MR) is 95.2 cm³/mol. The molecule has 1 saturated heterocycles. The number of ether oxygens (including phenoxy) is 2. The second-order valence-electron chi connectivity index (χ2n) is 6.30. The van der Waals surface area contributed by atoms with Crippen molar-refractivity contribution < 1.29 is 23.8 Å². The number of methoxy groups -OCH3 is 2. The Hall–Kier alpha value is -2.60. The van der Waals surface area contributed by atoms with E-state index in [1.165, 1.54) is 12.1 Å². The number of aliphatic carboxylic acids is 1. The second-order valence-corrected chi connectivity index (χ2v) is 6.30. The maximum Gasteiger partial charge on any atom is 0.320 e. The molecule has 0 spiro atoms. The van der Waals surface area contributed by atoms with Crippen LogP contribution in [-0.2, 0) is 4.79 Å². The lowest BCUT2D eigenvalue weighted by Gasteiger charge is -2.33. The minimum Gasteiger partial charge on any atom is -0.497 e. The normalized spacial score (nSPS) is 18.5. The molecule has 0 saturated carbocycles. The van der Waals surface area contributed by atoms with Crippen molar-refractivity contribution >= 4 is 5.97 Å². The van der Waals surface area contributed by atoms with Crippen molar-refractivity contribution in [3.05, 3.63) is 59.4 Å². The van der Waals surface area contributed by atoms with Crippen LogP contribution in [0.4, 0.5) is 4.39 Å². The number of carbonyl (C=O) groups is 1. The average molecular weight is 359 g/mol. The van der Waals surface area contributed by atoms with Crippen LogP contribution in [0.1, 0.15) is 30.0 Å². The van der Waals surface area contributed by atoms with Crippen LogP contribution >= 0.6 is 0 Å². The third-order valence-corrected chi connectivity index (χ3v) is 4.83. The Labute approximate surface area is 152 Å². The van der Waals surface area contributed by atoms with Crippen LogP contribution in [0, 0.1) is 5.82 Å². The van der Waals surface area contributed by atoms with Crippen molar-refractivity contribution in [2.75, 3.05) is 20.8 Å². The van der Waals surface area contributed by atoms with Crippen molar-refractivity contribution in [2.45, 2.75) is 24.9 Å². The van der Waals surface area contributed by atoms with E-state index in [9.17, 15) is 14.3 Å². The first-order valence-corrected chi connectivity index (χ1v) is 8.51. The third-order valence-electron chi connectivity index (χ3n) is 4.83. The number of hydrogen-bond donors (Lipinski definition) is 1. The SMILES string of the molecule is COc1ccc(OC)c(C(c2ccc(F)cc2)N2CCCC2C(=O)O)c1. The number of carboxylic acid groups (broad SMARTS) is 1. The topological polar surface area (TPSA) is 59.0 Å². The molecule has 1 N–H and O–H groups in total. The van der Waals surface area contributed by atoms with E-state index in [1.54, 1.807) is 38.5 Å². The van der Waals surface area contributed by atoms with Gasteiger partial charge in [-0.15, -0.1) is 0 Å². The van der Waals surface area contributed by atoms with Crippen molar-refractivity contribution in [1.29, 1.82) is 0 Å². The van der Waals surface area contributed by atoms with Crippen LogP contribution in [0.25, 0.3) is 0 Å². The zero-order chi connectivity index (χ0) is 18.7. The van der Waals surface area contributed by atoms with E-state index in [0.29, 0.717) is 24.5 Å². The van der Waals surface area contributed by atoms with Gasteiger partial charge in [-0.1, -0.05) is 12.1 Å². The molecule has 1 aliphatic heterocycles. The van der Waals surface area contributed by atoms with Gasteiger partial charge in [-0.3, -0.25) is 9.69 Å². The number of halogens is 1. The molecular weight excluding hydrogens is 337 g/mol. The summed E-state index contributed by atoms with van der Waals surface area (Å²) in [5.74, 6) is 0.105. The summed E-state index contributed by atoms with van der Waals surface area (Å²) in [6.45, 7) is 0.638. The summed E-state index contributed by atoms with van der Waals surface area (Å²) in [6.07, 6.45) is 1.38. The van der Waals surface area contributed by atoms with Gasteiger partial charge in [-0.2, -0.15) is 0 Å². The van der Waals surface area contributed by atoms with Crippen LogP contribution in [0.5, 0.6) is 11.5 Å². The average Bonchev–Trinajstić information content (AvgIpc) is 3.13. The van der Waals surface area contributed by atoms with Gasteiger partial charge in [-0.25, -0.2) is 4.39 Å². The fourth-order valence-corrected chi connectivity index (χ4v) is 3.61. The number of carboxylic acids is 1. The van der Waals surface area contributed by atoms with Crippen molar-refractivity contribution in [3.8, 4) is 11.5 Å². The molecule has 5 nitrogen and oxygen atoms in total. The van der Waals surface area contributed by atoms with E-state index in [4.69, 9.17) is 9.47 Å². The zero-order valence-electron chi connectivity index (χ0n) is 14.8. The van der Waals surface area contributed by atoms with Crippen LogP contribution in [0.3, 0.4) is 0 Å². The summed E-state index contributed by atoms with van der Waals surface area (Å²) in [6, 6.07) is 10.6. The Balaban J connectivity index is 2.15. The molecule has 2 aromatic carbocycles. The largest absolute Gasteiger partial charge is 0.497 e. The third kappa shape index (κ3) is 3.51. The van der Waals surface area contributed by atoms with Gasteiger partial charge >= 0.3 is 5.97 Å². The number of nitrogens with zero attached hydrogens (tertiary/aromatic N) is 1. The Kier molecular flexibility index (Phi) is 5.42. The maximum absolute atomic E-state index is 13.4. The number of benzene rings is 2. The van der Waals surface area contributed by atoms with E-state index in [-0.39, 0.29) is 11.9 Å². The second kappa shape index (κ2) is 7.74. The van der Waals surface area contributed by atoms with Crippen LogP contribution in [0.2, 0.25) is 0 Å². The monoisotopic (exact) mass is 359 g/mol. The maximum atomic E-state index is 13.4. The van der Waals surface area contributed by atoms with E-state index in [0.717, 1.165) is 17.5 Å². The van der Waals surface area contributed by atoms with E-state index in [1.807, 2.05) is 11.0 Å². The number of hydrogen-bond acceptors (Lipinski definition) is 4. The van der Waals surface area contributed by atoms with Gasteiger partial charge in [0.15, 0.2) is 0 Å². The molecule has 0 radical (unpaired) electrons. The molecule has 0 aliphatic carbocycles. The fraction of sp³-hybridized carbons (Fsp3) is 0.350. The summed E-state index contributed by atoms with van der Waals surface area (Å²) < 4.78 is 24.3. The lowest BCUT2D eigenvalue weighted by Crippen LogP contribution is -2.39. The summed E-state index contributed by atoms with van der Waals surface area (Å²) in [5.41, 5.74) is 1.61. The molecule has 1 fully saturated rings. The van der Waals surface area contributed by atoms with E-state index in [2.05, 4.69) is 0 Å². The molecular formula is C20H22FNO4. The van der Waals surface area contributed by atoms with Gasteiger partial charge in [-0.05, 0) is 48.7 Å². The molecule has 1 aliphatic rings. The summed E-state index contributed by atoms with van der Waals surface area (Å²) >= 11 is 0. The molecule has 2 unspecified atom stereocenters. The molecule has 6 heteroatoms. The smallest absolute Gasteiger partial charge is 0.320 e. The van der Waals surface area contributed by atoms with E-state index < -0.39 is 12.0 Å². The Morgan fingerprint density at radius 1 is 1.19 bits per heavy atom. The molecule has 26 heavy (non-hydrogen) atoms. The van der Waals surface area contributed by atoms with Gasteiger partial charge in [0.2, 0.25) is 0 Å². The Bertz CT molecular complexity index is 778. The molecule has 3 rings (SSSR count). The first-order valence-electron chi connectivity index (χ1n) is 8.51. The Morgan fingerprint density at radius 3 is 2.54 bits per heavy atom. The highest BCUT2D eigenvalue weighted by Gasteiger charge is 2.38. The highest BCUT2D eigenvalue weighted by molar-refractivity contribution is 5.74. The molecule has 0 bridgehead atoms. The van der Waals surface area contributed by atoms with Crippen molar-refractivity contribution in [2.24, 2.45) is 0 Å². The first kappa shape index (κ1) is 18.2. The molecule has 0 aromatic heterocycles. The van der Waals surface area contributed by atoms with Gasteiger partial charge in [0.1, 0.15) is 23.4 Å². The van der Waals surface area contributed by atoms with Crippen LogP contribution in [0.15, 0.2) is 42.5 Å². The zero-order valence-corrected chi connectivity index (χ0v) is 14.8. The lowest BCUT2D eigenvalue weighted by atomic mass is 9.95. The van der Waals surface area contributed by atoms with Crippen LogP contribution in [-0.4, -0.2) is 42.8 Å². The highest BCUT2D eigenvalue weighted by atomic mass is 19.1. The van der Waals surface area contributed by atoms with Crippen LogP contribution < -0.4 is 9.47 Å². The quantitative estimate of drug-likeness (QED) is 0.856. The molecule has 2 atom stereocenters. The standard InChI is InChI=1S/C20H22FNO4/c1-25-15-9-10-18(26-2)16(12-15)19(13-5-7-14(21)8-6-13)22-11-3-4-17(22)20(23)24/h5-10,12,17,19H,3-4,11H2,1-2H3,(H,23,24). The molecule has 1 heterocycles. The van der Waals surface area contributed by atoms with E-state index >= 15 is 0 Å². The molecule has 138 valence electrons. The predicted octanol–water partition coefficient (Wildman–Crippen LogP) is 3.48. The highest BCUT2D eigenvalue weighted by Crippen LogP contribution is 2.40.